The van der Waals surface area contributed by atoms with Gasteiger partial charge < -0.3 is 9.47 Å². The highest BCUT2D eigenvalue weighted by molar-refractivity contribution is 7.00. The molecule has 2 atom stereocenters. The number of hydrogen-bond acceptors (Lipinski definition) is 1. The zero-order chi connectivity index (χ0) is 22.2. The molecule has 4 aromatic carbocycles. The lowest BCUT2D eigenvalue weighted by molar-refractivity contribution is 0.291. The summed E-state index contributed by atoms with van der Waals surface area (Å²) in [5.41, 5.74) is 13.3. The van der Waals surface area contributed by atoms with Crippen molar-refractivity contribution in [1.29, 1.82) is 0 Å². The van der Waals surface area contributed by atoms with Crippen molar-refractivity contribution >= 4 is 56.3 Å². The fourth-order valence-corrected chi connectivity index (χ4v) is 8.31. The zero-order valence-corrected chi connectivity index (χ0v) is 19.4. The van der Waals surface area contributed by atoms with Crippen molar-refractivity contribution in [2.45, 2.75) is 44.1 Å². The summed E-state index contributed by atoms with van der Waals surface area (Å²) in [6, 6.07) is 30.2. The van der Waals surface area contributed by atoms with E-state index in [1.807, 2.05) is 0 Å². The van der Waals surface area contributed by atoms with Crippen molar-refractivity contribution in [2.24, 2.45) is 0 Å². The molecule has 3 aliphatic heterocycles. The van der Waals surface area contributed by atoms with E-state index in [9.17, 15) is 0 Å². The van der Waals surface area contributed by atoms with Crippen molar-refractivity contribution in [2.75, 3.05) is 4.90 Å². The van der Waals surface area contributed by atoms with Crippen LogP contribution < -0.4 is 21.3 Å². The number of fused-ring (bicyclic) bond motifs is 10. The van der Waals surface area contributed by atoms with Gasteiger partial charge in [0.25, 0.3) is 6.71 Å². The maximum absolute atomic E-state index is 2.79. The smallest absolute Gasteiger partial charge is 0.252 e. The SMILES string of the molecule is CC12CCCCC1c1cccc3c1N2c1cccc2c1B3c1cccc3c4ccccc4n-2c13. The van der Waals surface area contributed by atoms with Gasteiger partial charge in [-0.1, -0.05) is 73.5 Å². The number of aromatic nitrogens is 1. The van der Waals surface area contributed by atoms with E-state index in [1.54, 1.807) is 5.56 Å². The first-order chi connectivity index (χ1) is 16.8. The Morgan fingerprint density at radius 1 is 0.794 bits per heavy atom. The van der Waals surface area contributed by atoms with Crippen molar-refractivity contribution in [3.63, 3.8) is 0 Å². The number of nitrogens with zero attached hydrogens (tertiary/aromatic N) is 2. The van der Waals surface area contributed by atoms with Crippen molar-refractivity contribution in [3.05, 3.63) is 84.4 Å². The normalized spacial score (nSPS) is 23.3. The summed E-state index contributed by atoms with van der Waals surface area (Å²) in [6.07, 6.45) is 5.26. The van der Waals surface area contributed by atoms with E-state index in [2.05, 4.69) is 95.3 Å². The second kappa shape index (κ2) is 5.78. The van der Waals surface area contributed by atoms with Crippen LogP contribution in [0.2, 0.25) is 0 Å². The van der Waals surface area contributed by atoms with Crippen LogP contribution in [-0.4, -0.2) is 16.8 Å². The van der Waals surface area contributed by atoms with Crippen LogP contribution in [-0.2, 0) is 0 Å². The van der Waals surface area contributed by atoms with Gasteiger partial charge >= 0.3 is 0 Å². The molecule has 4 heterocycles. The van der Waals surface area contributed by atoms with Gasteiger partial charge in [-0.05, 0) is 59.9 Å². The van der Waals surface area contributed by atoms with E-state index in [0.717, 1.165) is 0 Å². The summed E-state index contributed by atoms with van der Waals surface area (Å²) in [6.45, 7) is 2.84. The molecule has 162 valence electrons. The topological polar surface area (TPSA) is 8.17 Å². The molecule has 3 heteroatoms. The summed E-state index contributed by atoms with van der Waals surface area (Å²) in [4.78, 5) is 2.79. The van der Waals surface area contributed by atoms with Crippen LogP contribution in [0.15, 0.2) is 78.9 Å². The Labute approximate surface area is 199 Å². The first-order valence-corrected chi connectivity index (χ1v) is 12.9. The molecule has 1 saturated carbocycles. The van der Waals surface area contributed by atoms with Crippen LogP contribution >= 0.6 is 0 Å². The van der Waals surface area contributed by atoms with E-state index in [4.69, 9.17) is 0 Å². The van der Waals surface area contributed by atoms with E-state index < -0.39 is 0 Å². The molecule has 5 aromatic rings. The first kappa shape index (κ1) is 17.9. The van der Waals surface area contributed by atoms with Gasteiger partial charge in [-0.3, -0.25) is 0 Å². The lowest BCUT2D eigenvalue weighted by atomic mass is 9.34. The summed E-state index contributed by atoms with van der Waals surface area (Å²) in [5.74, 6) is 0.628. The number of rotatable bonds is 0. The molecule has 0 N–H and O–H groups in total. The standard InChI is InChI=1S/C31H25BN2/c1-31-18-5-4-12-22(31)21-11-7-14-24-30(21)34(31)27-17-8-16-26-28(27)32(24)23-13-6-10-20-19-9-2-3-15-25(19)33(26)29(20)23/h2-3,6-11,13-17,22H,4-5,12,18H2,1H3. The highest BCUT2D eigenvalue weighted by Crippen LogP contribution is 2.57. The van der Waals surface area contributed by atoms with Gasteiger partial charge in [0.2, 0.25) is 0 Å². The largest absolute Gasteiger partial charge is 0.336 e. The Kier molecular flexibility index (Phi) is 3.05. The van der Waals surface area contributed by atoms with Gasteiger partial charge in [0.15, 0.2) is 0 Å². The van der Waals surface area contributed by atoms with Gasteiger partial charge in [-0.15, -0.1) is 0 Å². The van der Waals surface area contributed by atoms with Gasteiger partial charge in [-0.25, -0.2) is 0 Å². The minimum Gasteiger partial charge on any atom is -0.336 e. The third kappa shape index (κ3) is 1.80. The van der Waals surface area contributed by atoms with Gasteiger partial charge in [-0.2, -0.15) is 0 Å². The Morgan fingerprint density at radius 3 is 2.56 bits per heavy atom. The van der Waals surface area contributed by atoms with E-state index in [1.165, 1.54) is 80.9 Å². The van der Waals surface area contributed by atoms with Crippen LogP contribution in [0.4, 0.5) is 11.4 Å². The van der Waals surface area contributed by atoms with Gasteiger partial charge in [0, 0.05) is 44.8 Å². The average molecular weight is 436 g/mol. The van der Waals surface area contributed by atoms with Crippen LogP contribution in [0.25, 0.3) is 27.5 Å². The van der Waals surface area contributed by atoms with Crippen molar-refractivity contribution < 1.29 is 0 Å². The maximum atomic E-state index is 2.79. The molecular formula is C31H25BN2. The molecule has 2 nitrogen and oxygen atoms in total. The quantitative estimate of drug-likeness (QED) is 0.286. The third-order valence-electron chi connectivity index (χ3n) is 9.56. The monoisotopic (exact) mass is 436 g/mol. The van der Waals surface area contributed by atoms with Gasteiger partial charge in [0.1, 0.15) is 0 Å². The minimum absolute atomic E-state index is 0.168. The molecular weight excluding hydrogens is 411 g/mol. The predicted molar refractivity (Wildman–Crippen MR) is 144 cm³/mol. The first-order valence-electron chi connectivity index (χ1n) is 12.9. The number of hydrogen-bond donors (Lipinski definition) is 0. The number of para-hydroxylation sites is 3. The van der Waals surface area contributed by atoms with Crippen LogP contribution in [0.3, 0.4) is 0 Å². The summed E-state index contributed by atoms with van der Waals surface area (Å²) in [7, 11) is 0. The average Bonchev–Trinajstić information content (AvgIpc) is 3.35. The van der Waals surface area contributed by atoms with Crippen LogP contribution in [0.5, 0.6) is 0 Å². The summed E-state index contributed by atoms with van der Waals surface area (Å²) in [5, 5.41) is 2.73. The Hall–Kier alpha value is -3.46. The van der Waals surface area contributed by atoms with Crippen LogP contribution in [0.1, 0.15) is 44.1 Å². The molecule has 0 radical (unpaired) electrons. The fraction of sp³-hybridized carbons (Fsp3) is 0.226. The second-order valence-electron chi connectivity index (χ2n) is 11.0. The van der Waals surface area contributed by atoms with Crippen molar-refractivity contribution in [3.8, 4) is 5.69 Å². The Morgan fingerprint density at radius 2 is 1.59 bits per heavy atom. The molecule has 1 fully saturated rings. The number of benzene rings is 4. The van der Waals surface area contributed by atoms with E-state index >= 15 is 0 Å². The van der Waals surface area contributed by atoms with Crippen LogP contribution in [0, 0.1) is 0 Å². The molecule has 34 heavy (non-hydrogen) atoms. The summed E-state index contributed by atoms with van der Waals surface area (Å²) < 4.78 is 2.56. The fourth-order valence-electron chi connectivity index (χ4n) is 8.31. The lowest BCUT2D eigenvalue weighted by Crippen LogP contribution is -2.62. The lowest BCUT2D eigenvalue weighted by Gasteiger charge is -2.48. The molecule has 1 aliphatic carbocycles. The molecule has 4 aliphatic rings. The molecule has 0 bridgehead atoms. The highest BCUT2D eigenvalue weighted by Gasteiger charge is 2.55. The number of anilines is 2. The summed E-state index contributed by atoms with van der Waals surface area (Å²) >= 11 is 0. The van der Waals surface area contributed by atoms with E-state index in [0.29, 0.717) is 12.6 Å². The van der Waals surface area contributed by atoms with Gasteiger partial charge in [0.05, 0.1) is 5.52 Å². The zero-order valence-electron chi connectivity index (χ0n) is 19.4. The Bertz CT molecular complexity index is 1710. The molecule has 9 rings (SSSR count). The molecule has 0 spiro atoms. The third-order valence-corrected chi connectivity index (χ3v) is 9.56. The minimum atomic E-state index is 0.168. The molecule has 0 saturated heterocycles. The maximum Gasteiger partial charge on any atom is 0.252 e. The van der Waals surface area contributed by atoms with Crippen molar-refractivity contribution in [1.82, 2.24) is 4.57 Å². The Balaban J connectivity index is 1.49. The molecule has 2 unspecified atom stereocenters. The molecule has 0 amide bonds. The highest BCUT2D eigenvalue weighted by atomic mass is 15.2. The second-order valence-corrected chi connectivity index (χ2v) is 11.0. The molecule has 1 aromatic heterocycles. The predicted octanol–water partition coefficient (Wildman–Crippen LogP) is 5.49. The van der Waals surface area contributed by atoms with E-state index in [-0.39, 0.29) is 5.54 Å².